The third-order valence-electron chi connectivity index (χ3n) is 8.01. The summed E-state index contributed by atoms with van der Waals surface area (Å²) in [5.41, 5.74) is 8.52. The largest absolute Gasteiger partial charge is 0.309 e. The Morgan fingerprint density at radius 2 is 0.811 bits per heavy atom. The Morgan fingerprint density at radius 1 is 0.405 bits per heavy atom. The first-order chi connectivity index (χ1) is 18.3. The second-order valence-electron chi connectivity index (χ2n) is 10.6. The first-order valence-electron chi connectivity index (χ1n) is 13.2. The van der Waals surface area contributed by atoms with E-state index in [9.17, 15) is 0 Å². The lowest BCUT2D eigenvalue weighted by Crippen LogP contribution is -2.44. The van der Waals surface area contributed by atoms with Gasteiger partial charge in [0, 0.05) is 22.3 Å². The summed E-state index contributed by atoms with van der Waals surface area (Å²) in [5.74, 6) is 0. The zero-order valence-corrected chi connectivity index (χ0v) is 21.0. The Labute approximate surface area is 218 Å². The van der Waals surface area contributed by atoms with Gasteiger partial charge in [-0.25, -0.2) is 0 Å². The summed E-state index contributed by atoms with van der Waals surface area (Å²) in [6, 6.07) is 49.4. The summed E-state index contributed by atoms with van der Waals surface area (Å²) < 4.78 is 0.963. The monoisotopic (exact) mass is 476 g/mol. The molecule has 1 nitrogen and oxygen atoms in total. The molecular weight excluding hydrogens is 446 g/mol. The minimum Gasteiger partial charge on any atom is -0.309 e. The lowest BCUT2D eigenvalue weighted by molar-refractivity contribution is -0.978. The average Bonchev–Trinajstić information content (AvgIpc) is 3.08. The van der Waals surface area contributed by atoms with Crippen molar-refractivity contribution in [2.24, 2.45) is 0 Å². The normalized spacial score (nSPS) is 14.2. The molecule has 178 valence electrons. The minimum atomic E-state index is 0.963. The summed E-state index contributed by atoms with van der Waals surface area (Å²) in [5, 5.41) is 5.34. The van der Waals surface area contributed by atoms with Crippen molar-refractivity contribution in [3.8, 4) is 11.1 Å². The molecule has 0 fully saturated rings. The lowest BCUT2D eigenvalue weighted by atomic mass is 9.88. The number of rotatable bonds is 4. The predicted molar refractivity (Wildman–Crippen MR) is 155 cm³/mol. The van der Waals surface area contributed by atoms with Crippen molar-refractivity contribution in [2.75, 3.05) is 0 Å². The standard InChI is InChI=1S/C36H30N/c1-3-11-27(12-4-1)23-37(24-28-13-5-2-6-14-28)25-31-21-19-29-15-7-9-17-33(29)35(31)36-32(26-37)22-20-30-16-8-10-18-34(30)36/h1-22H,23-26H2/q+1. The van der Waals surface area contributed by atoms with Crippen molar-refractivity contribution in [3.63, 3.8) is 0 Å². The maximum Gasteiger partial charge on any atom is 0.106 e. The van der Waals surface area contributed by atoms with Crippen LogP contribution in [0.3, 0.4) is 0 Å². The van der Waals surface area contributed by atoms with Crippen LogP contribution >= 0.6 is 0 Å². The Kier molecular flexibility index (Phi) is 5.38. The van der Waals surface area contributed by atoms with Gasteiger partial charge in [-0.05, 0) is 32.7 Å². The van der Waals surface area contributed by atoms with Crippen LogP contribution in [0.2, 0.25) is 0 Å². The summed E-state index contributed by atoms with van der Waals surface area (Å²) in [7, 11) is 0. The molecule has 37 heavy (non-hydrogen) atoms. The molecule has 0 atom stereocenters. The van der Waals surface area contributed by atoms with Gasteiger partial charge in [-0.1, -0.05) is 133 Å². The van der Waals surface area contributed by atoms with Gasteiger partial charge in [0.05, 0.1) is 0 Å². The second kappa shape index (κ2) is 9.03. The van der Waals surface area contributed by atoms with Gasteiger partial charge in [0.25, 0.3) is 0 Å². The maximum atomic E-state index is 2.40. The van der Waals surface area contributed by atoms with Crippen LogP contribution in [0.15, 0.2) is 133 Å². The summed E-state index contributed by atoms with van der Waals surface area (Å²) in [4.78, 5) is 0. The average molecular weight is 477 g/mol. The van der Waals surface area contributed by atoms with E-state index < -0.39 is 0 Å². The van der Waals surface area contributed by atoms with Gasteiger partial charge in [0.2, 0.25) is 0 Å². The quantitative estimate of drug-likeness (QED) is 0.223. The highest BCUT2D eigenvalue weighted by Gasteiger charge is 2.35. The molecule has 1 aliphatic heterocycles. The van der Waals surface area contributed by atoms with Crippen molar-refractivity contribution >= 4 is 21.5 Å². The molecule has 0 unspecified atom stereocenters. The van der Waals surface area contributed by atoms with Crippen LogP contribution in [0.5, 0.6) is 0 Å². The highest BCUT2D eigenvalue weighted by Crippen LogP contribution is 2.44. The van der Waals surface area contributed by atoms with Crippen LogP contribution in [0.1, 0.15) is 22.3 Å². The van der Waals surface area contributed by atoms with Crippen LogP contribution in [0, 0.1) is 0 Å². The third-order valence-corrected chi connectivity index (χ3v) is 8.01. The Balaban J connectivity index is 1.52. The molecule has 6 aromatic rings. The number of quaternary nitrogens is 1. The molecule has 0 saturated heterocycles. The van der Waals surface area contributed by atoms with Gasteiger partial charge in [-0.3, -0.25) is 0 Å². The van der Waals surface area contributed by atoms with Crippen LogP contribution in [0.4, 0.5) is 0 Å². The fourth-order valence-corrected chi connectivity index (χ4v) is 6.49. The number of hydrogen-bond acceptors (Lipinski definition) is 0. The molecule has 0 spiro atoms. The van der Waals surface area contributed by atoms with Gasteiger partial charge < -0.3 is 4.48 Å². The predicted octanol–water partition coefficient (Wildman–Crippen LogP) is 8.89. The number of nitrogens with zero attached hydrogens (tertiary/aromatic N) is 1. The molecule has 0 saturated carbocycles. The van der Waals surface area contributed by atoms with Gasteiger partial charge in [0.15, 0.2) is 0 Å². The van der Waals surface area contributed by atoms with E-state index in [2.05, 4.69) is 133 Å². The van der Waals surface area contributed by atoms with Crippen molar-refractivity contribution < 1.29 is 4.48 Å². The molecule has 0 N–H and O–H groups in total. The van der Waals surface area contributed by atoms with E-state index >= 15 is 0 Å². The Hall–Kier alpha value is -4.20. The minimum absolute atomic E-state index is 0.963. The number of fused-ring (bicyclic) bond motifs is 7. The van der Waals surface area contributed by atoms with Gasteiger partial charge in [-0.15, -0.1) is 0 Å². The Bertz CT molecular complexity index is 1590. The van der Waals surface area contributed by atoms with E-state index in [4.69, 9.17) is 0 Å². The maximum absolute atomic E-state index is 2.40. The molecule has 6 aromatic carbocycles. The molecule has 1 heteroatoms. The van der Waals surface area contributed by atoms with E-state index in [0.717, 1.165) is 30.7 Å². The topological polar surface area (TPSA) is 0 Å². The second-order valence-corrected chi connectivity index (χ2v) is 10.6. The first-order valence-corrected chi connectivity index (χ1v) is 13.2. The third kappa shape index (κ3) is 4.02. The van der Waals surface area contributed by atoms with E-state index in [-0.39, 0.29) is 0 Å². The van der Waals surface area contributed by atoms with Crippen molar-refractivity contribution in [1.29, 1.82) is 0 Å². The molecule has 0 aliphatic carbocycles. The van der Waals surface area contributed by atoms with Crippen LogP contribution in [-0.4, -0.2) is 4.48 Å². The number of hydrogen-bond donors (Lipinski definition) is 0. The van der Waals surface area contributed by atoms with Gasteiger partial charge in [-0.2, -0.15) is 0 Å². The Morgan fingerprint density at radius 3 is 1.27 bits per heavy atom. The first kappa shape index (κ1) is 22.0. The van der Waals surface area contributed by atoms with Crippen molar-refractivity contribution in [2.45, 2.75) is 26.2 Å². The SMILES string of the molecule is c1ccc(C[N+]2(Cc3ccccc3)Cc3ccc4ccccc4c3-c3c(ccc4ccccc34)C2)cc1. The van der Waals surface area contributed by atoms with E-state index in [0.29, 0.717) is 0 Å². The molecule has 1 heterocycles. The molecule has 7 rings (SSSR count). The van der Waals surface area contributed by atoms with E-state index in [1.807, 2.05) is 0 Å². The lowest BCUT2D eigenvalue weighted by Gasteiger charge is -2.38. The molecule has 0 aromatic heterocycles. The summed E-state index contributed by atoms with van der Waals surface area (Å²) >= 11 is 0. The van der Waals surface area contributed by atoms with Crippen LogP contribution in [-0.2, 0) is 26.2 Å². The van der Waals surface area contributed by atoms with E-state index in [1.165, 1.54) is 54.9 Å². The fraction of sp³-hybridized carbons (Fsp3) is 0.111. The van der Waals surface area contributed by atoms with Crippen molar-refractivity contribution in [1.82, 2.24) is 0 Å². The highest BCUT2D eigenvalue weighted by atomic mass is 15.4. The molecule has 0 bridgehead atoms. The number of benzene rings is 6. The highest BCUT2D eigenvalue weighted by molar-refractivity contribution is 6.07. The fourth-order valence-electron chi connectivity index (χ4n) is 6.49. The van der Waals surface area contributed by atoms with Gasteiger partial charge in [0.1, 0.15) is 26.2 Å². The molecule has 0 radical (unpaired) electrons. The zero-order chi connectivity index (χ0) is 24.7. The summed E-state index contributed by atoms with van der Waals surface area (Å²) in [6.45, 7) is 3.97. The van der Waals surface area contributed by atoms with Crippen LogP contribution < -0.4 is 0 Å². The molecular formula is C36H30N+. The van der Waals surface area contributed by atoms with Crippen LogP contribution in [0.25, 0.3) is 32.7 Å². The molecule has 1 aliphatic rings. The smallest absolute Gasteiger partial charge is 0.106 e. The van der Waals surface area contributed by atoms with Crippen molar-refractivity contribution in [3.05, 3.63) is 156 Å². The zero-order valence-electron chi connectivity index (χ0n) is 21.0. The molecule has 0 amide bonds. The van der Waals surface area contributed by atoms with E-state index in [1.54, 1.807) is 0 Å². The summed E-state index contributed by atoms with van der Waals surface area (Å²) in [6.07, 6.45) is 0. The van der Waals surface area contributed by atoms with Gasteiger partial charge >= 0.3 is 0 Å².